The van der Waals surface area contributed by atoms with E-state index in [4.69, 9.17) is 4.74 Å². The van der Waals surface area contributed by atoms with E-state index in [0.717, 1.165) is 18.8 Å². The molecule has 0 amide bonds. The van der Waals surface area contributed by atoms with Gasteiger partial charge in [0.2, 0.25) is 0 Å². The molecule has 0 heterocycles. The highest BCUT2D eigenvalue weighted by atomic mass is 16.5. The van der Waals surface area contributed by atoms with E-state index in [-0.39, 0.29) is 12.0 Å². The first kappa shape index (κ1) is 16.0. The van der Waals surface area contributed by atoms with Gasteiger partial charge in [-0.3, -0.25) is 0 Å². The van der Waals surface area contributed by atoms with Gasteiger partial charge in [-0.05, 0) is 38.1 Å². The zero-order valence-corrected chi connectivity index (χ0v) is 12.9. The van der Waals surface area contributed by atoms with Crippen LogP contribution in [-0.4, -0.2) is 36.8 Å². The Morgan fingerprint density at radius 2 is 2.00 bits per heavy atom. The molecule has 0 bridgehead atoms. The summed E-state index contributed by atoms with van der Waals surface area (Å²) in [4.78, 5) is 2.24. The van der Waals surface area contributed by atoms with E-state index < -0.39 is 0 Å². The van der Waals surface area contributed by atoms with Crippen LogP contribution in [0.4, 0.5) is 0 Å². The van der Waals surface area contributed by atoms with E-state index in [0.29, 0.717) is 6.61 Å². The van der Waals surface area contributed by atoms with Gasteiger partial charge in [0, 0.05) is 25.1 Å². The second-order valence-corrected chi connectivity index (χ2v) is 6.03. The number of nitrogens with zero attached hydrogens (tertiary/aromatic N) is 1. The van der Waals surface area contributed by atoms with Crippen LogP contribution in [0.5, 0.6) is 5.75 Å². The lowest BCUT2D eigenvalue weighted by molar-refractivity contribution is 0.112. The van der Waals surface area contributed by atoms with E-state index in [1.165, 1.54) is 11.1 Å². The molecule has 0 atom stereocenters. The normalized spacial score (nSPS) is 11.9. The molecule has 0 saturated carbocycles. The van der Waals surface area contributed by atoms with Crippen LogP contribution in [0.15, 0.2) is 18.2 Å². The molecule has 0 aliphatic heterocycles. The second kappa shape index (κ2) is 6.92. The number of hydrogen-bond donors (Lipinski definition) is 1. The van der Waals surface area contributed by atoms with Crippen LogP contribution in [0.25, 0.3) is 0 Å². The van der Waals surface area contributed by atoms with Crippen LogP contribution in [0.1, 0.15) is 31.9 Å². The average Bonchev–Trinajstić information content (AvgIpc) is 2.32. The number of aryl methyl sites for hydroxylation is 1. The summed E-state index contributed by atoms with van der Waals surface area (Å²) in [6.07, 6.45) is 0. The largest absolute Gasteiger partial charge is 0.494 e. The molecule has 0 spiro atoms. The van der Waals surface area contributed by atoms with Crippen LogP contribution in [0.3, 0.4) is 0 Å². The second-order valence-electron chi connectivity index (χ2n) is 6.03. The summed E-state index contributed by atoms with van der Waals surface area (Å²) in [5, 5.41) is 9.31. The zero-order valence-electron chi connectivity index (χ0n) is 12.9. The Balaban J connectivity index is 2.65. The third-order valence-corrected chi connectivity index (χ3v) is 3.12. The maximum absolute atomic E-state index is 9.31. The number of rotatable bonds is 7. The lowest BCUT2D eigenvalue weighted by Crippen LogP contribution is -2.33. The van der Waals surface area contributed by atoms with Crippen LogP contribution < -0.4 is 4.74 Å². The third-order valence-electron chi connectivity index (χ3n) is 3.12. The van der Waals surface area contributed by atoms with Crippen molar-refractivity contribution in [1.29, 1.82) is 0 Å². The van der Waals surface area contributed by atoms with Crippen molar-refractivity contribution in [1.82, 2.24) is 4.90 Å². The van der Waals surface area contributed by atoms with Crippen LogP contribution in [-0.2, 0) is 6.54 Å². The summed E-state index contributed by atoms with van der Waals surface area (Å²) in [5.41, 5.74) is 2.39. The monoisotopic (exact) mass is 265 g/mol. The first-order chi connectivity index (χ1) is 8.88. The van der Waals surface area contributed by atoms with E-state index in [1.54, 1.807) is 0 Å². The first-order valence-electron chi connectivity index (χ1n) is 6.89. The van der Waals surface area contributed by atoms with Gasteiger partial charge in [-0.1, -0.05) is 26.0 Å². The van der Waals surface area contributed by atoms with E-state index in [1.807, 2.05) is 13.0 Å². The van der Waals surface area contributed by atoms with Gasteiger partial charge >= 0.3 is 0 Å². The summed E-state index contributed by atoms with van der Waals surface area (Å²) in [7, 11) is 2.09. The van der Waals surface area contributed by atoms with Gasteiger partial charge in [0.25, 0.3) is 0 Å². The molecule has 0 radical (unpaired) electrons. The fourth-order valence-electron chi connectivity index (χ4n) is 2.28. The molecule has 1 N–H and O–H groups in total. The minimum Gasteiger partial charge on any atom is -0.494 e. The molecule has 0 aliphatic carbocycles. The Labute approximate surface area is 117 Å². The van der Waals surface area contributed by atoms with Crippen LogP contribution in [0.2, 0.25) is 0 Å². The summed E-state index contributed by atoms with van der Waals surface area (Å²) in [6.45, 7) is 10.9. The van der Waals surface area contributed by atoms with Gasteiger partial charge in [0.15, 0.2) is 0 Å². The fraction of sp³-hybridized carbons (Fsp3) is 0.625. The fourth-order valence-corrected chi connectivity index (χ4v) is 2.28. The number of aliphatic hydroxyl groups excluding tert-OH is 1. The molecule has 3 nitrogen and oxygen atoms in total. The molecule has 108 valence electrons. The minimum atomic E-state index is -0.0605. The summed E-state index contributed by atoms with van der Waals surface area (Å²) in [5.74, 6) is 0.963. The SMILES string of the molecule is CCOc1ccc(CN(C)CC(C)(C)CO)cc1C. The Kier molecular flexibility index (Phi) is 5.83. The van der Waals surface area contributed by atoms with Gasteiger partial charge < -0.3 is 14.7 Å². The predicted octanol–water partition coefficient (Wildman–Crippen LogP) is 2.84. The van der Waals surface area contributed by atoms with Gasteiger partial charge in [0.1, 0.15) is 5.75 Å². The number of ether oxygens (including phenoxy) is 1. The molecular weight excluding hydrogens is 238 g/mol. The molecule has 0 saturated heterocycles. The molecule has 3 heteroatoms. The lowest BCUT2D eigenvalue weighted by atomic mass is 9.94. The maximum Gasteiger partial charge on any atom is 0.122 e. The van der Waals surface area contributed by atoms with Gasteiger partial charge in [-0.2, -0.15) is 0 Å². The molecule has 1 rings (SSSR count). The maximum atomic E-state index is 9.31. The molecule has 1 aromatic rings. The molecule has 1 aromatic carbocycles. The quantitative estimate of drug-likeness (QED) is 0.823. The van der Waals surface area contributed by atoms with Gasteiger partial charge in [-0.15, -0.1) is 0 Å². The van der Waals surface area contributed by atoms with Crippen molar-refractivity contribution in [3.8, 4) is 5.75 Å². The number of hydrogen-bond acceptors (Lipinski definition) is 3. The number of benzene rings is 1. The molecule has 0 aliphatic rings. The molecule has 0 fully saturated rings. The van der Waals surface area contributed by atoms with Gasteiger partial charge in [-0.25, -0.2) is 0 Å². The highest BCUT2D eigenvalue weighted by Gasteiger charge is 2.18. The van der Waals surface area contributed by atoms with E-state index in [9.17, 15) is 5.11 Å². The number of aliphatic hydroxyl groups is 1. The lowest BCUT2D eigenvalue weighted by Gasteiger charge is -2.28. The van der Waals surface area contributed by atoms with Crippen molar-refractivity contribution in [3.05, 3.63) is 29.3 Å². The molecule has 0 unspecified atom stereocenters. The topological polar surface area (TPSA) is 32.7 Å². The molecular formula is C16H27NO2. The highest BCUT2D eigenvalue weighted by molar-refractivity contribution is 5.36. The zero-order chi connectivity index (χ0) is 14.5. The van der Waals surface area contributed by atoms with E-state index in [2.05, 4.69) is 44.9 Å². The highest BCUT2D eigenvalue weighted by Crippen LogP contribution is 2.21. The van der Waals surface area contributed by atoms with E-state index >= 15 is 0 Å². The van der Waals surface area contributed by atoms with Crippen molar-refractivity contribution in [2.75, 3.05) is 26.8 Å². The van der Waals surface area contributed by atoms with Crippen molar-refractivity contribution in [2.24, 2.45) is 5.41 Å². The smallest absolute Gasteiger partial charge is 0.122 e. The molecule has 19 heavy (non-hydrogen) atoms. The average molecular weight is 265 g/mol. The Morgan fingerprint density at radius 3 is 2.53 bits per heavy atom. The summed E-state index contributed by atoms with van der Waals surface area (Å²) < 4.78 is 5.55. The Hall–Kier alpha value is -1.06. The minimum absolute atomic E-state index is 0.0605. The van der Waals surface area contributed by atoms with Crippen LogP contribution >= 0.6 is 0 Å². The van der Waals surface area contributed by atoms with Crippen molar-refractivity contribution in [3.63, 3.8) is 0 Å². The first-order valence-corrected chi connectivity index (χ1v) is 6.89. The van der Waals surface area contributed by atoms with Crippen molar-refractivity contribution >= 4 is 0 Å². The summed E-state index contributed by atoms with van der Waals surface area (Å²) >= 11 is 0. The standard InChI is InChI=1S/C16H27NO2/c1-6-19-15-8-7-14(9-13(15)2)10-17(5)11-16(3,4)12-18/h7-9,18H,6,10-12H2,1-5H3. The third kappa shape index (κ3) is 5.21. The van der Waals surface area contributed by atoms with Crippen molar-refractivity contribution in [2.45, 2.75) is 34.2 Å². The van der Waals surface area contributed by atoms with Crippen molar-refractivity contribution < 1.29 is 9.84 Å². The Morgan fingerprint density at radius 1 is 1.32 bits per heavy atom. The summed E-state index contributed by atoms with van der Waals surface area (Å²) in [6, 6.07) is 6.33. The van der Waals surface area contributed by atoms with Crippen LogP contribution in [0, 0.1) is 12.3 Å². The molecule has 0 aromatic heterocycles. The predicted molar refractivity (Wildman–Crippen MR) is 79.5 cm³/mol. The Bertz CT molecular complexity index is 402. The van der Waals surface area contributed by atoms with Gasteiger partial charge in [0.05, 0.1) is 6.61 Å².